The van der Waals surface area contributed by atoms with Gasteiger partial charge in [0.1, 0.15) is 11.9 Å². The molecule has 0 fully saturated rings. The highest BCUT2D eigenvalue weighted by molar-refractivity contribution is 7.89. The number of nitrogens with one attached hydrogen (secondary N) is 1. The molecule has 0 aliphatic heterocycles. The second-order valence-corrected chi connectivity index (χ2v) is 11.2. The summed E-state index contributed by atoms with van der Waals surface area (Å²) >= 11 is 0. The Morgan fingerprint density at radius 3 is 2.22 bits per heavy atom. The quantitative estimate of drug-likeness (QED) is 0.402. The molecular formula is C28H34FN3O4S. The number of sulfonamides is 1. The van der Waals surface area contributed by atoms with Crippen LogP contribution in [0.1, 0.15) is 39.2 Å². The Hall–Kier alpha value is -3.30. The van der Waals surface area contributed by atoms with Crippen molar-refractivity contribution in [3.05, 3.63) is 78.1 Å². The summed E-state index contributed by atoms with van der Waals surface area (Å²) in [6.07, 6.45) is 1.05. The van der Waals surface area contributed by atoms with Crippen LogP contribution in [0.3, 0.4) is 0 Å². The lowest BCUT2D eigenvalue weighted by Gasteiger charge is -2.32. The first-order valence-electron chi connectivity index (χ1n) is 12.4. The maximum absolute atomic E-state index is 13.5. The molecule has 2 amide bonds. The third kappa shape index (κ3) is 6.93. The van der Waals surface area contributed by atoms with E-state index >= 15 is 0 Å². The largest absolute Gasteiger partial charge is 0.352 e. The maximum Gasteiger partial charge on any atom is 0.243 e. The molecular weight excluding hydrogens is 493 g/mol. The van der Waals surface area contributed by atoms with Crippen LogP contribution in [0, 0.1) is 5.82 Å². The first kappa shape index (κ1) is 28.3. The average Bonchev–Trinajstić information content (AvgIpc) is 2.89. The molecule has 0 saturated heterocycles. The summed E-state index contributed by atoms with van der Waals surface area (Å²) in [7, 11) is -2.63. The molecule has 0 aromatic heterocycles. The fraction of sp³-hybridized carbons (Fsp3) is 0.357. The molecule has 9 heteroatoms. The number of hydrogen-bond donors (Lipinski definition) is 1. The molecule has 2 atom stereocenters. The SMILES string of the molecule is CC[C@H](C(=O)N[C@@H](C)CC)N(Cc1ccc(F)cc1)C(=O)CN(C)S(=O)(=O)c1ccc2ccccc2c1. The lowest BCUT2D eigenvalue weighted by molar-refractivity contribution is -0.141. The van der Waals surface area contributed by atoms with Gasteiger partial charge >= 0.3 is 0 Å². The second kappa shape index (κ2) is 12.3. The highest BCUT2D eigenvalue weighted by Gasteiger charge is 2.32. The van der Waals surface area contributed by atoms with Crippen molar-refractivity contribution in [3.8, 4) is 0 Å². The van der Waals surface area contributed by atoms with Crippen molar-refractivity contribution in [2.75, 3.05) is 13.6 Å². The summed E-state index contributed by atoms with van der Waals surface area (Å²) in [5.74, 6) is -1.25. The zero-order chi connectivity index (χ0) is 27.2. The van der Waals surface area contributed by atoms with Gasteiger partial charge in [-0.1, -0.05) is 56.3 Å². The average molecular weight is 528 g/mol. The van der Waals surface area contributed by atoms with Crippen LogP contribution in [-0.4, -0.2) is 55.1 Å². The molecule has 0 heterocycles. The lowest BCUT2D eigenvalue weighted by atomic mass is 10.1. The Morgan fingerprint density at radius 1 is 0.946 bits per heavy atom. The third-order valence-electron chi connectivity index (χ3n) is 6.44. The highest BCUT2D eigenvalue weighted by Crippen LogP contribution is 2.22. The molecule has 7 nitrogen and oxygen atoms in total. The molecule has 3 aromatic rings. The second-order valence-electron chi connectivity index (χ2n) is 9.16. The molecule has 3 rings (SSSR count). The molecule has 1 N–H and O–H groups in total. The van der Waals surface area contributed by atoms with Crippen LogP contribution in [-0.2, 0) is 26.2 Å². The molecule has 0 aliphatic rings. The van der Waals surface area contributed by atoms with Crippen molar-refractivity contribution in [3.63, 3.8) is 0 Å². The number of nitrogens with zero attached hydrogens (tertiary/aromatic N) is 2. The Kier molecular flexibility index (Phi) is 9.39. The van der Waals surface area contributed by atoms with Gasteiger partial charge in [0.15, 0.2) is 0 Å². The van der Waals surface area contributed by atoms with E-state index in [-0.39, 0.29) is 23.4 Å². The summed E-state index contributed by atoms with van der Waals surface area (Å²) in [5.41, 5.74) is 0.629. The van der Waals surface area contributed by atoms with Crippen molar-refractivity contribution >= 4 is 32.6 Å². The predicted octanol–water partition coefficient (Wildman–Crippen LogP) is 4.32. The number of carbonyl (C=O) groups is 2. The van der Waals surface area contributed by atoms with E-state index < -0.39 is 34.3 Å². The minimum absolute atomic E-state index is 0.0371. The van der Waals surface area contributed by atoms with Crippen LogP contribution >= 0.6 is 0 Å². The first-order valence-corrected chi connectivity index (χ1v) is 13.8. The van der Waals surface area contributed by atoms with Crippen molar-refractivity contribution in [1.29, 1.82) is 0 Å². The van der Waals surface area contributed by atoms with Crippen LogP contribution in [0.15, 0.2) is 71.6 Å². The van der Waals surface area contributed by atoms with Gasteiger partial charge in [-0.15, -0.1) is 0 Å². The molecule has 0 unspecified atom stereocenters. The summed E-state index contributed by atoms with van der Waals surface area (Å²) in [6.45, 7) is 5.20. The van der Waals surface area contributed by atoms with Gasteiger partial charge in [-0.2, -0.15) is 4.31 Å². The number of carbonyl (C=O) groups excluding carboxylic acids is 2. The zero-order valence-electron chi connectivity index (χ0n) is 21.6. The topological polar surface area (TPSA) is 86.8 Å². The lowest BCUT2D eigenvalue weighted by Crippen LogP contribution is -2.53. The number of hydrogen-bond acceptors (Lipinski definition) is 4. The monoisotopic (exact) mass is 527 g/mol. The van der Waals surface area contributed by atoms with Crippen LogP contribution < -0.4 is 5.32 Å². The third-order valence-corrected chi connectivity index (χ3v) is 8.24. The van der Waals surface area contributed by atoms with E-state index in [1.54, 1.807) is 31.2 Å². The van der Waals surface area contributed by atoms with Crippen LogP contribution in [0.2, 0.25) is 0 Å². The number of rotatable bonds is 11. The van der Waals surface area contributed by atoms with Crippen LogP contribution in [0.25, 0.3) is 10.8 Å². The van der Waals surface area contributed by atoms with Gasteiger partial charge in [0.2, 0.25) is 21.8 Å². The van der Waals surface area contributed by atoms with Crippen molar-refractivity contribution in [2.45, 2.75) is 57.1 Å². The number of fused-ring (bicyclic) bond motifs is 1. The van der Waals surface area contributed by atoms with Gasteiger partial charge in [-0.3, -0.25) is 9.59 Å². The minimum Gasteiger partial charge on any atom is -0.352 e. The van der Waals surface area contributed by atoms with Crippen LogP contribution in [0.4, 0.5) is 4.39 Å². The van der Waals surface area contributed by atoms with Gasteiger partial charge in [0.05, 0.1) is 11.4 Å². The Labute approximate surface area is 218 Å². The standard InChI is InChI=1S/C28H34FN3O4S/c1-5-20(3)30-28(34)26(6-2)32(18-21-11-14-24(29)15-12-21)27(33)19-31(4)37(35,36)25-16-13-22-9-7-8-10-23(22)17-25/h7-17,20,26H,5-6,18-19H2,1-4H3,(H,30,34)/t20-,26+/m0/s1. The van der Waals surface area contributed by atoms with E-state index in [2.05, 4.69) is 5.32 Å². The molecule has 0 aliphatic carbocycles. The van der Waals surface area contributed by atoms with Gasteiger partial charge in [-0.25, -0.2) is 12.8 Å². The molecule has 0 bridgehead atoms. The van der Waals surface area contributed by atoms with Gasteiger partial charge in [0, 0.05) is 19.6 Å². The summed E-state index contributed by atoms with van der Waals surface area (Å²) < 4.78 is 41.1. The van der Waals surface area contributed by atoms with E-state index in [9.17, 15) is 22.4 Å². The van der Waals surface area contributed by atoms with E-state index in [0.717, 1.165) is 21.5 Å². The van der Waals surface area contributed by atoms with E-state index in [1.165, 1.54) is 30.1 Å². The Balaban J connectivity index is 1.88. The number of likely N-dealkylation sites (N-methyl/N-ethyl adjacent to an activating group) is 1. The molecule has 0 saturated carbocycles. The van der Waals surface area contributed by atoms with E-state index in [0.29, 0.717) is 12.0 Å². The maximum atomic E-state index is 13.5. The normalized spacial score (nSPS) is 13.4. The van der Waals surface area contributed by atoms with Gasteiger partial charge < -0.3 is 10.2 Å². The molecule has 0 spiro atoms. The Bertz CT molecular complexity index is 1350. The fourth-order valence-electron chi connectivity index (χ4n) is 4.02. The van der Waals surface area contributed by atoms with Crippen molar-refractivity contribution < 1.29 is 22.4 Å². The van der Waals surface area contributed by atoms with E-state index in [1.807, 2.05) is 38.1 Å². The number of benzene rings is 3. The molecule has 37 heavy (non-hydrogen) atoms. The van der Waals surface area contributed by atoms with Crippen molar-refractivity contribution in [1.82, 2.24) is 14.5 Å². The van der Waals surface area contributed by atoms with Gasteiger partial charge in [0.25, 0.3) is 0 Å². The first-order chi connectivity index (χ1) is 17.6. The summed E-state index contributed by atoms with van der Waals surface area (Å²) in [5, 5.41) is 4.59. The highest BCUT2D eigenvalue weighted by atomic mass is 32.2. The minimum atomic E-state index is -3.98. The molecule has 3 aromatic carbocycles. The molecule has 0 radical (unpaired) electrons. The zero-order valence-corrected chi connectivity index (χ0v) is 22.5. The number of amides is 2. The smallest absolute Gasteiger partial charge is 0.243 e. The Morgan fingerprint density at radius 2 is 1.59 bits per heavy atom. The summed E-state index contributed by atoms with van der Waals surface area (Å²) in [4.78, 5) is 28.1. The van der Waals surface area contributed by atoms with Crippen molar-refractivity contribution in [2.24, 2.45) is 0 Å². The molecule has 198 valence electrons. The predicted molar refractivity (Wildman–Crippen MR) is 143 cm³/mol. The number of halogens is 1. The summed E-state index contributed by atoms with van der Waals surface area (Å²) in [6, 6.07) is 17.0. The van der Waals surface area contributed by atoms with Crippen LogP contribution in [0.5, 0.6) is 0 Å². The van der Waals surface area contributed by atoms with Gasteiger partial charge in [-0.05, 0) is 60.4 Å². The fourth-order valence-corrected chi connectivity index (χ4v) is 5.18. The van der Waals surface area contributed by atoms with E-state index in [4.69, 9.17) is 0 Å².